The molecule has 1 atom stereocenters. The average molecular weight is 380 g/mol. The summed E-state index contributed by atoms with van der Waals surface area (Å²) in [5.74, 6) is -1.24. The van der Waals surface area contributed by atoms with E-state index < -0.39 is 11.9 Å². The van der Waals surface area contributed by atoms with E-state index in [9.17, 15) is 9.59 Å². The molecule has 4 nitrogen and oxygen atoms in total. The third-order valence-corrected chi connectivity index (χ3v) is 3.71. The summed E-state index contributed by atoms with van der Waals surface area (Å²) in [6.45, 7) is 5.81. The highest BCUT2D eigenvalue weighted by Crippen LogP contribution is 2.35. The van der Waals surface area contributed by atoms with Gasteiger partial charge in [0.2, 0.25) is 0 Å². The lowest BCUT2D eigenvalue weighted by Crippen LogP contribution is -2.22. The smallest absolute Gasteiger partial charge is 0.336 e. The number of rotatable bonds is 6. The number of carbonyl (C=O) groups excluding carboxylic acids is 2. The van der Waals surface area contributed by atoms with Crippen molar-refractivity contribution in [3.05, 3.63) is 39.4 Å². The number of carbonyl (C=O) groups is 2. The second-order valence-corrected chi connectivity index (χ2v) is 6.33. The fraction of sp³-hybridized carbons (Fsp3) is 0.375. The summed E-state index contributed by atoms with van der Waals surface area (Å²) in [7, 11) is 0. The second-order valence-electron chi connectivity index (χ2n) is 5.08. The highest BCUT2D eigenvalue weighted by atomic mass is 35.5. The molecule has 0 fully saturated rings. The zero-order valence-electron chi connectivity index (χ0n) is 12.9. The van der Waals surface area contributed by atoms with Crippen molar-refractivity contribution in [3.63, 3.8) is 0 Å². The molecule has 126 valence electrons. The Labute approximate surface area is 150 Å². The molecule has 1 aromatic carbocycles. The van der Waals surface area contributed by atoms with E-state index in [1.807, 2.05) is 20.8 Å². The summed E-state index contributed by atoms with van der Waals surface area (Å²) in [5, 5.41) is 0.508. The van der Waals surface area contributed by atoms with Gasteiger partial charge in [0.05, 0.1) is 10.0 Å². The largest absolute Gasteiger partial charge is 0.459 e. The topological polar surface area (TPSA) is 52.6 Å². The minimum Gasteiger partial charge on any atom is -0.459 e. The Morgan fingerprint density at radius 1 is 1.09 bits per heavy atom. The van der Waals surface area contributed by atoms with Crippen molar-refractivity contribution in [1.29, 1.82) is 0 Å². The molecule has 0 radical (unpaired) electrons. The van der Waals surface area contributed by atoms with Crippen molar-refractivity contribution in [1.82, 2.24) is 0 Å². The number of halogens is 3. The van der Waals surface area contributed by atoms with Crippen LogP contribution in [0.3, 0.4) is 0 Å². The summed E-state index contributed by atoms with van der Waals surface area (Å²) in [6.07, 6.45) is 2.45. The maximum atomic E-state index is 11.7. The zero-order valence-corrected chi connectivity index (χ0v) is 15.2. The van der Waals surface area contributed by atoms with Crippen LogP contribution in [0.25, 0.3) is 0 Å². The van der Waals surface area contributed by atoms with Gasteiger partial charge in [-0.1, -0.05) is 55.6 Å². The molecule has 0 aliphatic rings. The fourth-order valence-electron chi connectivity index (χ4n) is 1.78. The molecule has 0 bridgehead atoms. The minimum absolute atomic E-state index is 0.0191. The SMILES string of the molecule is CCC(OC(=O)/C=C/C(=O)Oc1c(Cl)cc(Cl)cc1Cl)C(C)C. The summed E-state index contributed by atoms with van der Waals surface area (Å²) < 4.78 is 10.2. The van der Waals surface area contributed by atoms with Crippen molar-refractivity contribution >= 4 is 46.7 Å². The molecule has 0 saturated heterocycles. The van der Waals surface area contributed by atoms with Crippen LogP contribution in [-0.2, 0) is 14.3 Å². The number of ether oxygens (including phenoxy) is 2. The lowest BCUT2D eigenvalue weighted by Gasteiger charge is -2.18. The van der Waals surface area contributed by atoms with Crippen LogP contribution in [-0.4, -0.2) is 18.0 Å². The Hall–Kier alpha value is -1.23. The predicted molar refractivity (Wildman–Crippen MR) is 91.3 cm³/mol. The van der Waals surface area contributed by atoms with Crippen LogP contribution >= 0.6 is 34.8 Å². The van der Waals surface area contributed by atoms with Crippen molar-refractivity contribution < 1.29 is 19.1 Å². The van der Waals surface area contributed by atoms with Crippen LogP contribution in [0.5, 0.6) is 5.75 Å². The quantitative estimate of drug-likeness (QED) is 0.392. The molecular formula is C16H17Cl3O4. The van der Waals surface area contributed by atoms with Crippen LogP contribution in [0.15, 0.2) is 24.3 Å². The van der Waals surface area contributed by atoms with E-state index in [1.54, 1.807) is 0 Å². The van der Waals surface area contributed by atoms with Crippen LogP contribution in [0.2, 0.25) is 15.1 Å². The fourth-order valence-corrected chi connectivity index (χ4v) is 2.67. The Morgan fingerprint density at radius 2 is 1.61 bits per heavy atom. The molecule has 0 amide bonds. The van der Waals surface area contributed by atoms with Crippen molar-refractivity contribution in [2.24, 2.45) is 5.92 Å². The van der Waals surface area contributed by atoms with E-state index in [2.05, 4.69) is 0 Å². The van der Waals surface area contributed by atoms with Gasteiger partial charge in [0.1, 0.15) is 6.10 Å². The lowest BCUT2D eigenvalue weighted by atomic mass is 10.1. The van der Waals surface area contributed by atoms with Gasteiger partial charge in [0, 0.05) is 17.2 Å². The van der Waals surface area contributed by atoms with E-state index in [4.69, 9.17) is 44.3 Å². The zero-order chi connectivity index (χ0) is 17.6. The number of benzene rings is 1. The Kier molecular flexibility index (Phi) is 7.89. The Morgan fingerprint density at radius 3 is 2.09 bits per heavy atom. The summed E-state index contributed by atoms with van der Waals surface area (Å²) in [5.41, 5.74) is 0. The van der Waals surface area contributed by atoms with E-state index in [0.29, 0.717) is 11.4 Å². The molecule has 0 heterocycles. The standard InChI is InChI=1S/C16H17Cl3O4/c1-4-13(9(2)3)22-14(20)5-6-15(21)23-16-11(18)7-10(17)8-12(16)19/h5-9,13H,4H2,1-3H3/b6-5+. The second kappa shape index (κ2) is 9.16. The molecule has 0 spiro atoms. The van der Waals surface area contributed by atoms with Crippen molar-refractivity contribution in [2.45, 2.75) is 33.3 Å². The number of hydrogen-bond donors (Lipinski definition) is 0. The third-order valence-electron chi connectivity index (χ3n) is 2.93. The van der Waals surface area contributed by atoms with Gasteiger partial charge >= 0.3 is 11.9 Å². The van der Waals surface area contributed by atoms with Crippen LogP contribution in [0.4, 0.5) is 0 Å². The molecule has 0 aliphatic carbocycles. The lowest BCUT2D eigenvalue weighted by molar-refractivity contribution is -0.145. The van der Waals surface area contributed by atoms with E-state index >= 15 is 0 Å². The molecule has 0 aliphatic heterocycles. The first kappa shape index (κ1) is 19.8. The molecule has 23 heavy (non-hydrogen) atoms. The van der Waals surface area contributed by atoms with Gasteiger partial charge in [0.15, 0.2) is 5.75 Å². The van der Waals surface area contributed by atoms with Gasteiger partial charge in [0.25, 0.3) is 0 Å². The molecule has 0 N–H and O–H groups in total. The minimum atomic E-state index is -0.800. The monoisotopic (exact) mass is 378 g/mol. The molecule has 0 aromatic heterocycles. The molecule has 1 aromatic rings. The Bertz CT molecular complexity index is 588. The summed E-state index contributed by atoms with van der Waals surface area (Å²) in [4.78, 5) is 23.4. The van der Waals surface area contributed by atoms with Gasteiger partial charge in [-0.2, -0.15) is 0 Å². The van der Waals surface area contributed by atoms with E-state index in [0.717, 1.165) is 12.2 Å². The first-order valence-electron chi connectivity index (χ1n) is 6.99. The summed E-state index contributed by atoms with van der Waals surface area (Å²) >= 11 is 17.6. The van der Waals surface area contributed by atoms with Gasteiger partial charge < -0.3 is 9.47 Å². The molecule has 1 unspecified atom stereocenters. The van der Waals surface area contributed by atoms with Crippen molar-refractivity contribution in [3.8, 4) is 5.75 Å². The van der Waals surface area contributed by atoms with Crippen molar-refractivity contribution in [2.75, 3.05) is 0 Å². The summed E-state index contributed by atoms with van der Waals surface area (Å²) in [6, 6.07) is 2.79. The first-order valence-corrected chi connectivity index (χ1v) is 8.13. The van der Waals surface area contributed by atoms with E-state index in [-0.39, 0.29) is 27.8 Å². The third kappa shape index (κ3) is 6.42. The average Bonchev–Trinajstić information content (AvgIpc) is 2.46. The number of hydrogen-bond acceptors (Lipinski definition) is 4. The molecule has 0 saturated carbocycles. The van der Waals surface area contributed by atoms with Crippen LogP contribution < -0.4 is 4.74 Å². The maximum absolute atomic E-state index is 11.7. The Balaban J connectivity index is 2.68. The first-order chi connectivity index (χ1) is 10.7. The normalized spacial score (nSPS) is 12.5. The highest BCUT2D eigenvalue weighted by Gasteiger charge is 2.16. The van der Waals surface area contributed by atoms with Gasteiger partial charge in [-0.05, 0) is 24.5 Å². The molecular weight excluding hydrogens is 363 g/mol. The maximum Gasteiger partial charge on any atom is 0.336 e. The number of esters is 2. The predicted octanol–water partition coefficient (Wildman–Crippen LogP) is 5.09. The van der Waals surface area contributed by atoms with Gasteiger partial charge in [-0.3, -0.25) is 0 Å². The van der Waals surface area contributed by atoms with Crippen LogP contribution in [0, 0.1) is 5.92 Å². The molecule has 7 heteroatoms. The van der Waals surface area contributed by atoms with Gasteiger partial charge in [-0.25, -0.2) is 9.59 Å². The van der Waals surface area contributed by atoms with E-state index in [1.165, 1.54) is 12.1 Å². The molecule has 1 rings (SSSR count). The highest BCUT2D eigenvalue weighted by molar-refractivity contribution is 6.40. The van der Waals surface area contributed by atoms with Crippen LogP contribution in [0.1, 0.15) is 27.2 Å². The van der Waals surface area contributed by atoms with Gasteiger partial charge in [-0.15, -0.1) is 0 Å².